The summed E-state index contributed by atoms with van der Waals surface area (Å²) < 4.78 is 39.4. The number of nitrogens with one attached hydrogen (secondary N) is 1. The number of benzene rings is 2. The van der Waals surface area contributed by atoms with Crippen molar-refractivity contribution in [2.24, 2.45) is 0 Å². The van der Waals surface area contributed by atoms with E-state index in [4.69, 9.17) is 23.2 Å². The van der Waals surface area contributed by atoms with Crippen LogP contribution in [0, 0.1) is 5.82 Å². The zero-order valence-electron chi connectivity index (χ0n) is 9.40. The molecular formula is C12H8Cl2FNO2S. The van der Waals surface area contributed by atoms with Gasteiger partial charge in [-0.25, -0.2) is 12.8 Å². The van der Waals surface area contributed by atoms with Gasteiger partial charge in [0.15, 0.2) is 0 Å². The van der Waals surface area contributed by atoms with Crippen LogP contribution in [0.2, 0.25) is 10.0 Å². The largest absolute Gasteiger partial charge is 0.277 e. The monoisotopic (exact) mass is 319 g/mol. The van der Waals surface area contributed by atoms with Gasteiger partial charge in [-0.1, -0.05) is 41.4 Å². The van der Waals surface area contributed by atoms with Crippen molar-refractivity contribution in [1.82, 2.24) is 0 Å². The van der Waals surface area contributed by atoms with Crippen molar-refractivity contribution in [3.63, 3.8) is 0 Å². The van der Waals surface area contributed by atoms with Gasteiger partial charge in [0.1, 0.15) is 5.82 Å². The molecule has 2 rings (SSSR count). The highest BCUT2D eigenvalue weighted by Gasteiger charge is 2.18. The third-order valence-electron chi connectivity index (χ3n) is 2.30. The Balaban J connectivity index is 2.42. The van der Waals surface area contributed by atoms with Crippen LogP contribution in [-0.2, 0) is 10.0 Å². The van der Waals surface area contributed by atoms with E-state index in [9.17, 15) is 12.8 Å². The van der Waals surface area contributed by atoms with Gasteiger partial charge in [0, 0.05) is 0 Å². The van der Waals surface area contributed by atoms with E-state index in [1.807, 2.05) is 0 Å². The predicted molar refractivity (Wildman–Crippen MR) is 73.7 cm³/mol. The second kappa shape index (κ2) is 5.36. The Kier molecular flexibility index (Phi) is 3.99. The Morgan fingerprint density at radius 3 is 2.05 bits per heavy atom. The molecule has 0 heterocycles. The van der Waals surface area contributed by atoms with Gasteiger partial charge in [0.05, 0.1) is 20.6 Å². The molecule has 2 aromatic rings. The summed E-state index contributed by atoms with van der Waals surface area (Å²) in [5.74, 6) is -0.641. The van der Waals surface area contributed by atoms with Crippen LogP contribution in [0.5, 0.6) is 0 Å². The van der Waals surface area contributed by atoms with Gasteiger partial charge in [-0.2, -0.15) is 0 Å². The van der Waals surface area contributed by atoms with E-state index < -0.39 is 15.8 Å². The van der Waals surface area contributed by atoms with E-state index in [0.717, 1.165) is 12.1 Å². The summed E-state index contributed by atoms with van der Waals surface area (Å²) in [6.45, 7) is 0. The zero-order chi connectivity index (χ0) is 14.0. The molecule has 1 N–H and O–H groups in total. The highest BCUT2D eigenvalue weighted by molar-refractivity contribution is 7.92. The van der Waals surface area contributed by atoms with Crippen LogP contribution < -0.4 is 4.72 Å². The average molecular weight is 320 g/mol. The number of sulfonamides is 1. The lowest BCUT2D eigenvalue weighted by molar-refractivity contribution is 0.601. The summed E-state index contributed by atoms with van der Waals surface area (Å²) in [5, 5.41) is -0.214. The van der Waals surface area contributed by atoms with Gasteiger partial charge in [-0.05, 0) is 24.3 Å². The molecule has 3 nitrogen and oxygen atoms in total. The first-order valence-corrected chi connectivity index (χ1v) is 7.36. The third-order valence-corrected chi connectivity index (χ3v) is 4.26. The Morgan fingerprint density at radius 2 is 1.53 bits per heavy atom. The summed E-state index contributed by atoms with van der Waals surface area (Å²) in [7, 11) is -3.81. The van der Waals surface area contributed by atoms with E-state index in [1.54, 1.807) is 18.2 Å². The molecule has 0 aromatic heterocycles. The van der Waals surface area contributed by atoms with Gasteiger partial charge in [0.25, 0.3) is 10.0 Å². The van der Waals surface area contributed by atoms with Crippen LogP contribution >= 0.6 is 23.2 Å². The van der Waals surface area contributed by atoms with E-state index >= 15 is 0 Å². The fourth-order valence-electron chi connectivity index (χ4n) is 1.43. The molecule has 0 radical (unpaired) electrons. The number of hydrogen-bond acceptors (Lipinski definition) is 2. The Hall–Kier alpha value is -1.30. The van der Waals surface area contributed by atoms with Gasteiger partial charge in [0.2, 0.25) is 0 Å². The Morgan fingerprint density at radius 1 is 1.00 bits per heavy atom. The third kappa shape index (κ3) is 3.18. The molecule has 0 saturated carbocycles. The summed E-state index contributed by atoms with van der Waals surface area (Å²) in [5.41, 5.74) is -0.0476. The number of halogens is 3. The van der Waals surface area contributed by atoms with Crippen LogP contribution in [-0.4, -0.2) is 8.42 Å². The molecule has 0 amide bonds. The normalized spacial score (nSPS) is 11.3. The van der Waals surface area contributed by atoms with Crippen molar-refractivity contribution in [3.05, 3.63) is 58.3 Å². The molecule has 0 spiro atoms. The lowest BCUT2D eigenvalue weighted by Crippen LogP contribution is -2.13. The predicted octanol–water partition coefficient (Wildman–Crippen LogP) is 3.93. The Bertz CT molecular complexity index is 682. The summed E-state index contributed by atoms with van der Waals surface area (Å²) in [6.07, 6.45) is 0. The van der Waals surface area contributed by atoms with E-state index in [1.165, 1.54) is 12.1 Å². The first kappa shape index (κ1) is 14.1. The van der Waals surface area contributed by atoms with Crippen molar-refractivity contribution in [3.8, 4) is 0 Å². The molecule has 0 atom stereocenters. The maximum Gasteiger partial charge on any atom is 0.261 e. The second-order valence-electron chi connectivity index (χ2n) is 3.66. The molecular weight excluding hydrogens is 312 g/mol. The first-order chi connectivity index (χ1) is 8.90. The lowest BCUT2D eigenvalue weighted by Gasteiger charge is -2.11. The summed E-state index contributed by atoms with van der Waals surface area (Å²) in [4.78, 5) is 0.0615. The SMILES string of the molecule is O=S(=O)(Nc1c(Cl)cc(F)cc1Cl)c1ccccc1. The van der Waals surface area contributed by atoms with Crippen molar-refractivity contribution in [2.45, 2.75) is 4.90 Å². The number of anilines is 1. The fraction of sp³-hybridized carbons (Fsp3) is 0. The van der Waals surface area contributed by atoms with Crippen molar-refractivity contribution in [1.29, 1.82) is 0 Å². The van der Waals surface area contributed by atoms with E-state index in [0.29, 0.717) is 0 Å². The van der Waals surface area contributed by atoms with E-state index in [2.05, 4.69) is 4.72 Å². The maximum absolute atomic E-state index is 13.0. The van der Waals surface area contributed by atoms with Crippen molar-refractivity contribution in [2.75, 3.05) is 4.72 Å². The minimum atomic E-state index is -3.81. The van der Waals surface area contributed by atoms with Crippen molar-refractivity contribution < 1.29 is 12.8 Å². The minimum Gasteiger partial charge on any atom is -0.277 e. The topological polar surface area (TPSA) is 46.2 Å². The van der Waals surface area contributed by atoms with Crippen LogP contribution in [0.25, 0.3) is 0 Å². The number of hydrogen-bond donors (Lipinski definition) is 1. The average Bonchev–Trinajstić information content (AvgIpc) is 2.35. The molecule has 7 heteroatoms. The van der Waals surface area contributed by atoms with Crippen LogP contribution in [0.3, 0.4) is 0 Å². The molecule has 0 aliphatic heterocycles. The van der Waals surface area contributed by atoms with Crippen molar-refractivity contribution >= 4 is 38.9 Å². The first-order valence-electron chi connectivity index (χ1n) is 5.12. The highest BCUT2D eigenvalue weighted by atomic mass is 35.5. The molecule has 100 valence electrons. The smallest absolute Gasteiger partial charge is 0.261 e. The second-order valence-corrected chi connectivity index (χ2v) is 6.16. The number of rotatable bonds is 3. The molecule has 19 heavy (non-hydrogen) atoms. The quantitative estimate of drug-likeness (QED) is 0.931. The van der Waals surface area contributed by atoms with Crippen LogP contribution in [0.15, 0.2) is 47.4 Å². The maximum atomic E-state index is 13.0. The molecule has 2 aromatic carbocycles. The lowest BCUT2D eigenvalue weighted by atomic mass is 10.3. The minimum absolute atomic E-state index is 0.0476. The molecule has 0 aliphatic rings. The van der Waals surface area contributed by atoms with Crippen LogP contribution in [0.1, 0.15) is 0 Å². The molecule has 0 aliphatic carbocycles. The summed E-state index contributed by atoms with van der Waals surface area (Å²) in [6, 6.07) is 9.68. The summed E-state index contributed by atoms with van der Waals surface area (Å²) >= 11 is 11.6. The molecule has 0 fully saturated rings. The standard InChI is InChI=1S/C12H8Cl2FNO2S/c13-10-6-8(15)7-11(14)12(10)16-19(17,18)9-4-2-1-3-5-9/h1-7,16H. The Labute approximate surface area is 120 Å². The fourth-order valence-corrected chi connectivity index (χ4v) is 3.22. The van der Waals surface area contributed by atoms with E-state index in [-0.39, 0.29) is 20.6 Å². The zero-order valence-corrected chi connectivity index (χ0v) is 11.7. The van der Waals surface area contributed by atoms with Gasteiger partial charge < -0.3 is 0 Å². The van der Waals surface area contributed by atoms with Crippen LogP contribution in [0.4, 0.5) is 10.1 Å². The molecule has 0 bridgehead atoms. The van der Waals surface area contributed by atoms with Gasteiger partial charge in [-0.15, -0.1) is 0 Å². The van der Waals surface area contributed by atoms with Gasteiger partial charge >= 0.3 is 0 Å². The van der Waals surface area contributed by atoms with Gasteiger partial charge in [-0.3, -0.25) is 4.72 Å². The molecule has 0 saturated heterocycles. The highest BCUT2D eigenvalue weighted by Crippen LogP contribution is 2.33. The molecule has 0 unspecified atom stereocenters.